The molecule has 2 N–H and O–H groups in total. The highest BCUT2D eigenvalue weighted by atomic mass is 16.3. The number of imidazole rings is 1. The summed E-state index contributed by atoms with van der Waals surface area (Å²) in [6, 6.07) is 8.24. The number of hydrogen-bond acceptors (Lipinski definition) is 4. The molecule has 0 aliphatic rings. The number of rotatable bonds is 7. The van der Waals surface area contributed by atoms with Gasteiger partial charge in [0.1, 0.15) is 5.82 Å². The summed E-state index contributed by atoms with van der Waals surface area (Å²) in [6.45, 7) is 9.32. The molecule has 0 saturated carbocycles. The van der Waals surface area contributed by atoms with E-state index in [9.17, 15) is 0 Å². The zero-order valence-electron chi connectivity index (χ0n) is 14.6. The van der Waals surface area contributed by atoms with Gasteiger partial charge in [0.25, 0.3) is 0 Å². The molecule has 6 heteroatoms. The molecule has 0 fully saturated rings. The minimum absolute atomic E-state index is 0.113. The fraction of sp³-hybridized carbons (Fsp3) is 0.444. The molecule has 0 saturated heterocycles. The van der Waals surface area contributed by atoms with Gasteiger partial charge < -0.3 is 15.0 Å². The van der Waals surface area contributed by atoms with E-state index in [1.54, 1.807) is 0 Å². The van der Waals surface area contributed by atoms with Gasteiger partial charge in [-0.2, -0.15) is 5.10 Å². The van der Waals surface area contributed by atoms with Crippen LogP contribution in [0.2, 0.25) is 0 Å². The van der Waals surface area contributed by atoms with Crippen molar-refractivity contribution in [1.82, 2.24) is 24.6 Å². The summed E-state index contributed by atoms with van der Waals surface area (Å²) in [5.74, 6) is 1.04. The molecule has 0 aliphatic heterocycles. The standard InChI is InChI=1S/C18H25N5O/c1-13-16(14(2)23(21-13)10-11-24)12-19-8-9-22-15(3)20-17-6-4-5-7-18(17)22/h4-7,19,24H,8-12H2,1-3H3. The molecule has 0 bridgehead atoms. The van der Waals surface area contributed by atoms with Crippen LogP contribution in [0.3, 0.4) is 0 Å². The molecule has 0 spiro atoms. The van der Waals surface area contributed by atoms with Gasteiger partial charge in [-0.05, 0) is 32.9 Å². The third-order valence-corrected chi connectivity index (χ3v) is 4.50. The lowest BCUT2D eigenvalue weighted by molar-refractivity contribution is 0.267. The van der Waals surface area contributed by atoms with Crippen molar-refractivity contribution < 1.29 is 5.11 Å². The number of aliphatic hydroxyl groups is 1. The molecule has 0 amide bonds. The molecule has 3 rings (SSSR count). The van der Waals surface area contributed by atoms with Crippen LogP contribution >= 0.6 is 0 Å². The molecule has 128 valence electrons. The maximum atomic E-state index is 9.09. The Bertz CT molecular complexity index is 833. The van der Waals surface area contributed by atoms with E-state index in [2.05, 4.69) is 45.1 Å². The average Bonchev–Trinajstić information content (AvgIpc) is 3.02. The second kappa shape index (κ2) is 7.15. The van der Waals surface area contributed by atoms with Gasteiger partial charge >= 0.3 is 0 Å². The van der Waals surface area contributed by atoms with Gasteiger partial charge in [0.2, 0.25) is 0 Å². The summed E-state index contributed by atoms with van der Waals surface area (Å²) in [7, 11) is 0. The lowest BCUT2D eigenvalue weighted by atomic mass is 10.2. The average molecular weight is 327 g/mol. The second-order valence-electron chi connectivity index (χ2n) is 6.07. The Labute approximate surface area is 142 Å². The molecule has 24 heavy (non-hydrogen) atoms. The van der Waals surface area contributed by atoms with Gasteiger partial charge in [0, 0.05) is 30.9 Å². The maximum Gasteiger partial charge on any atom is 0.106 e. The molecule has 2 heterocycles. The molecule has 0 radical (unpaired) electrons. The molecule has 3 aromatic rings. The fourth-order valence-electron chi connectivity index (χ4n) is 3.18. The largest absolute Gasteiger partial charge is 0.394 e. The number of para-hydroxylation sites is 2. The van der Waals surface area contributed by atoms with E-state index in [1.807, 2.05) is 24.6 Å². The number of hydrogen-bond donors (Lipinski definition) is 2. The van der Waals surface area contributed by atoms with Crippen molar-refractivity contribution in [1.29, 1.82) is 0 Å². The van der Waals surface area contributed by atoms with Crippen LogP contribution in [0, 0.1) is 20.8 Å². The van der Waals surface area contributed by atoms with E-state index in [0.717, 1.165) is 42.4 Å². The van der Waals surface area contributed by atoms with Crippen molar-refractivity contribution in [2.24, 2.45) is 0 Å². The predicted molar refractivity (Wildman–Crippen MR) is 95.0 cm³/mol. The van der Waals surface area contributed by atoms with Crippen molar-refractivity contribution in [2.75, 3.05) is 13.2 Å². The monoisotopic (exact) mass is 327 g/mol. The van der Waals surface area contributed by atoms with Gasteiger partial charge in [-0.3, -0.25) is 4.68 Å². The smallest absolute Gasteiger partial charge is 0.106 e. The lowest BCUT2D eigenvalue weighted by Crippen LogP contribution is -2.20. The first-order valence-electron chi connectivity index (χ1n) is 8.38. The summed E-state index contributed by atoms with van der Waals surface area (Å²) in [6.07, 6.45) is 0. The van der Waals surface area contributed by atoms with E-state index in [4.69, 9.17) is 5.11 Å². The normalized spacial score (nSPS) is 11.5. The van der Waals surface area contributed by atoms with E-state index < -0.39 is 0 Å². The van der Waals surface area contributed by atoms with Crippen molar-refractivity contribution >= 4 is 11.0 Å². The highest BCUT2D eigenvalue weighted by molar-refractivity contribution is 5.75. The number of nitrogens with one attached hydrogen (secondary N) is 1. The van der Waals surface area contributed by atoms with Gasteiger partial charge in [0.15, 0.2) is 0 Å². The van der Waals surface area contributed by atoms with Crippen LogP contribution in [0.25, 0.3) is 11.0 Å². The highest BCUT2D eigenvalue weighted by Crippen LogP contribution is 2.15. The van der Waals surface area contributed by atoms with Crippen LogP contribution in [0.15, 0.2) is 24.3 Å². The van der Waals surface area contributed by atoms with Gasteiger partial charge in [-0.1, -0.05) is 12.1 Å². The third-order valence-electron chi connectivity index (χ3n) is 4.50. The number of fused-ring (bicyclic) bond motifs is 1. The molecule has 1 aromatic carbocycles. The fourth-order valence-corrected chi connectivity index (χ4v) is 3.18. The van der Waals surface area contributed by atoms with Gasteiger partial charge in [-0.25, -0.2) is 4.98 Å². The Morgan fingerprint density at radius 1 is 1.12 bits per heavy atom. The van der Waals surface area contributed by atoms with Crippen LogP contribution in [0.1, 0.15) is 22.8 Å². The molecule has 2 aromatic heterocycles. The summed E-state index contributed by atoms with van der Waals surface area (Å²) >= 11 is 0. The third kappa shape index (κ3) is 3.20. The SMILES string of the molecule is Cc1nn(CCO)c(C)c1CNCCn1c(C)nc2ccccc21. The van der Waals surface area contributed by atoms with Crippen molar-refractivity contribution in [2.45, 2.75) is 40.4 Å². The van der Waals surface area contributed by atoms with Gasteiger partial charge in [-0.15, -0.1) is 0 Å². The Balaban J connectivity index is 1.62. The van der Waals surface area contributed by atoms with Crippen LogP contribution in [-0.4, -0.2) is 37.6 Å². The quantitative estimate of drug-likeness (QED) is 0.651. The van der Waals surface area contributed by atoms with E-state index >= 15 is 0 Å². The summed E-state index contributed by atoms with van der Waals surface area (Å²) in [4.78, 5) is 4.60. The van der Waals surface area contributed by atoms with Crippen molar-refractivity contribution in [3.8, 4) is 0 Å². The van der Waals surface area contributed by atoms with Crippen LogP contribution in [-0.2, 0) is 19.6 Å². The number of aromatic nitrogens is 4. The maximum absolute atomic E-state index is 9.09. The molecule has 0 aliphatic carbocycles. The highest BCUT2D eigenvalue weighted by Gasteiger charge is 2.11. The molecular formula is C18H25N5O. The lowest BCUT2D eigenvalue weighted by Gasteiger charge is -2.09. The summed E-state index contributed by atoms with van der Waals surface area (Å²) in [5, 5.41) is 17.1. The first-order valence-corrected chi connectivity index (χ1v) is 8.38. The van der Waals surface area contributed by atoms with E-state index in [1.165, 1.54) is 11.1 Å². The summed E-state index contributed by atoms with van der Waals surface area (Å²) in [5.41, 5.74) is 5.60. The molecular weight excluding hydrogens is 302 g/mol. The topological polar surface area (TPSA) is 67.9 Å². The van der Waals surface area contributed by atoms with Crippen LogP contribution in [0.5, 0.6) is 0 Å². The van der Waals surface area contributed by atoms with E-state index in [0.29, 0.717) is 6.54 Å². The molecule has 0 atom stereocenters. The number of nitrogens with zero attached hydrogens (tertiary/aromatic N) is 4. The predicted octanol–water partition coefficient (Wildman–Crippen LogP) is 1.94. The Hall–Kier alpha value is -2.18. The molecule has 6 nitrogen and oxygen atoms in total. The van der Waals surface area contributed by atoms with E-state index in [-0.39, 0.29) is 6.61 Å². The van der Waals surface area contributed by atoms with Crippen molar-refractivity contribution in [3.05, 3.63) is 47.0 Å². The second-order valence-corrected chi connectivity index (χ2v) is 6.07. The number of aliphatic hydroxyl groups excluding tert-OH is 1. The minimum atomic E-state index is 0.113. The number of benzene rings is 1. The van der Waals surface area contributed by atoms with Gasteiger partial charge in [0.05, 0.1) is 29.9 Å². The van der Waals surface area contributed by atoms with Crippen LogP contribution in [0.4, 0.5) is 0 Å². The molecule has 0 unspecified atom stereocenters. The first-order chi connectivity index (χ1) is 11.6. The first kappa shape index (κ1) is 16.7. The Kier molecular flexibility index (Phi) is 4.97. The zero-order chi connectivity index (χ0) is 17.1. The number of aryl methyl sites for hydroxylation is 2. The zero-order valence-corrected chi connectivity index (χ0v) is 14.6. The Morgan fingerprint density at radius 3 is 2.71 bits per heavy atom. The summed E-state index contributed by atoms with van der Waals surface area (Å²) < 4.78 is 4.12. The Morgan fingerprint density at radius 2 is 1.92 bits per heavy atom. The van der Waals surface area contributed by atoms with Crippen LogP contribution < -0.4 is 5.32 Å². The van der Waals surface area contributed by atoms with Crippen molar-refractivity contribution in [3.63, 3.8) is 0 Å². The minimum Gasteiger partial charge on any atom is -0.394 e.